The number of para-hydroxylation sites is 4. The molecule has 0 saturated carbocycles. The number of rotatable bonds is 8. The van der Waals surface area contributed by atoms with Crippen LogP contribution in [-0.4, -0.2) is 24.1 Å². The zero-order valence-electron chi connectivity index (χ0n) is 39.5. The molecule has 0 bridgehead atoms. The first-order chi connectivity index (χ1) is 36.5. The van der Waals surface area contributed by atoms with Gasteiger partial charge in [0, 0.05) is 38.2 Å². The molecule has 13 aromatic rings. The van der Waals surface area contributed by atoms with Crippen molar-refractivity contribution in [1.82, 2.24) is 24.1 Å². The number of hydrogen-bond acceptors (Lipinski definition) is 4. The second-order valence-corrected chi connectivity index (χ2v) is 18.1. The van der Waals surface area contributed by atoms with E-state index >= 15 is 0 Å². The number of nitrogens with zero attached hydrogens (tertiary/aromatic N) is 8. The van der Waals surface area contributed by atoms with E-state index in [1.54, 1.807) is 0 Å². The molecule has 0 fully saturated rings. The largest absolute Gasteiger partial charge is 0.308 e. The Morgan fingerprint density at radius 3 is 1.20 bits per heavy atom. The Morgan fingerprint density at radius 1 is 0.338 bits per heavy atom. The minimum atomic E-state index is 0.473. The fourth-order valence-corrected chi connectivity index (χ4v) is 10.3. The Hall–Kier alpha value is -10.7. The van der Waals surface area contributed by atoms with Crippen molar-refractivity contribution in [1.29, 1.82) is 5.26 Å². The van der Waals surface area contributed by atoms with Gasteiger partial charge in [-0.25, -0.2) is 24.6 Å². The summed E-state index contributed by atoms with van der Waals surface area (Å²) in [7, 11) is 0. The highest BCUT2D eigenvalue weighted by Crippen LogP contribution is 2.42. The van der Waals surface area contributed by atoms with Crippen molar-refractivity contribution in [3.05, 3.63) is 259 Å². The normalized spacial score (nSPS) is 11.2. The van der Waals surface area contributed by atoms with Crippen molar-refractivity contribution in [2.75, 3.05) is 0 Å². The van der Waals surface area contributed by atoms with Crippen molar-refractivity contribution >= 4 is 55.0 Å². The summed E-state index contributed by atoms with van der Waals surface area (Å²) in [4.78, 5) is 23.8. The van der Waals surface area contributed by atoms with Crippen LogP contribution in [0.4, 0.5) is 11.4 Å². The van der Waals surface area contributed by atoms with Crippen molar-refractivity contribution < 1.29 is 0 Å². The molecule has 0 aliphatic rings. The van der Waals surface area contributed by atoms with Crippen LogP contribution >= 0.6 is 0 Å². The van der Waals surface area contributed by atoms with Crippen molar-refractivity contribution in [3.8, 4) is 85.0 Å². The molecule has 0 aliphatic heterocycles. The van der Waals surface area contributed by atoms with Crippen LogP contribution in [0.1, 0.15) is 5.56 Å². The average molecular weight is 943 g/mol. The number of fused-ring (bicyclic) bond motifs is 6. The van der Waals surface area contributed by atoms with Gasteiger partial charge in [0.15, 0.2) is 28.8 Å². The minimum absolute atomic E-state index is 0.473. The molecule has 8 nitrogen and oxygen atoms in total. The molecule has 13 rings (SSSR count). The van der Waals surface area contributed by atoms with E-state index in [0.717, 1.165) is 105 Å². The maximum Gasteiger partial charge on any atom is 0.187 e. The highest BCUT2D eigenvalue weighted by Gasteiger charge is 2.23. The van der Waals surface area contributed by atoms with Gasteiger partial charge < -0.3 is 9.13 Å². The number of hydrogen-bond donors (Lipinski definition) is 0. The molecule has 8 heteroatoms. The highest BCUT2D eigenvalue weighted by atomic mass is 15.1. The third-order valence-electron chi connectivity index (χ3n) is 13.9. The van der Waals surface area contributed by atoms with E-state index in [2.05, 4.69) is 164 Å². The number of aromatic nitrogens is 5. The van der Waals surface area contributed by atoms with Gasteiger partial charge in [-0.1, -0.05) is 158 Å². The summed E-state index contributed by atoms with van der Waals surface area (Å²) in [5, 5.41) is 14.2. The van der Waals surface area contributed by atoms with E-state index in [0.29, 0.717) is 34.4 Å². The van der Waals surface area contributed by atoms with E-state index < -0.39 is 0 Å². The first-order valence-electron chi connectivity index (χ1n) is 24.1. The zero-order chi connectivity index (χ0) is 49.7. The van der Waals surface area contributed by atoms with Gasteiger partial charge in [-0.2, -0.15) is 5.26 Å². The van der Waals surface area contributed by atoms with Crippen LogP contribution in [0.2, 0.25) is 0 Å². The lowest BCUT2D eigenvalue weighted by atomic mass is 9.99. The maximum absolute atomic E-state index is 9.69. The summed E-state index contributed by atoms with van der Waals surface area (Å²) in [5.41, 5.74) is 15.7. The van der Waals surface area contributed by atoms with E-state index in [4.69, 9.17) is 28.1 Å². The molecule has 342 valence electrons. The van der Waals surface area contributed by atoms with Crippen LogP contribution in [0.5, 0.6) is 0 Å². The van der Waals surface area contributed by atoms with Gasteiger partial charge in [0.25, 0.3) is 0 Å². The third kappa shape index (κ3) is 7.42. The summed E-state index contributed by atoms with van der Waals surface area (Å²) in [5.74, 6) is 1.42. The van der Waals surface area contributed by atoms with E-state index in [1.807, 2.05) is 91.0 Å². The number of benzene rings is 10. The molecule has 0 aliphatic carbocycles. The first kappa shape index (κ1) is 43.3. The van der Waals surface area contributed by atoms with Gasteiger partial charge in [0.2, 0.25) is 0 Å². The van der Waals surface area contributed by atoms with Crippen molar-refractivity contribution in [2.45, 2.75) is 0 Å². The SMILES string of the molecule is [C-]#[N+]c1ccc(-c2ccc(-c3nc(-c4cccc(-c5cccc([N+]#[C-])c5)c4)nc(-c4ccc(-c5ccc(C#N)cc5)cc4-n4c5ccccc5c5ccccc54)n3)c(-n3c4ccccc4c4ccccc43)c2)cc1. The van der Waals surface area contributed by atoms with Gasteiger partial charge in [0.05, 0.1) is 58.2 Å². The van der Waals surface area contributed by atoms with Crippen LogP contribution in [-0.2, 0) is 0 Å². The van der Waals surface area contributed by atoms with Crippen LogP contribution < -0.4 is 0 Å². The molecular weight excluding hydrogens is 905 g/mol. The molecule has 0 N–H and O–H groups in total. The summed E-state index contributed by atoms with van der Waals surface area (Å²) in [6.07, 6.45) is 0. The molecule has 3 aromatic heterocycles. The lowest BCUT2D eigenvalue weighted by molar-refractivity contribution is 1.06. The lowest BCUT2D eigenvalue weighted by Crippen LogP contribution is -2.06. The van der Waals surface area contributed by atoms with Crippen LogP contribution in [0.3, 0.4) is 0 Å². The summed E-state index contributed by atoms with van der Waals surface area (Å²) >= 11 is 0. The topological polar surface area (TPSA) is 81.0 Å². The molecule has 3 heterocycles. The van der Waals surface area contributed by atoms with Crippen LogP contribution in [0, 0.1) is 24.5 Å². The molecule has 0 unspecified atom stereocenters. The number of nitriles is 1. The molecule has 0 amide bonds. The minimum Gasteiger partial charge on any atom is -0.308 e. The standard InChI is InChI=1S/C66H38N8/c1-68-50-33-29-44(30-34-50)48-32-36-57(63(40-48)74-60-23-9-5-19-54(60)55-20-6-10-24-61(55)74)66-71-64(49-15-11-13-45(37-49)46-14-12-16-51(38-46)69-2)70-65(72-66)56-35-31-47(43-27-25-42(41-67)26-28-43)39-62(56)73-58-21-7-3-17-52(58)53-18-4-8-22-59(53)73/h3-40H. The first-order valence-corrected chi connectivity index (χ1v) is 24.1. The Bertz CT molecular complexity index is 4180. The maximum atomic E-state index is 9.69. The summed E-state index contributed by atoms with van der Waals surface area (Å²) in [6.45, 7) is 15.4. The smallest absolute Gasteiger partial charge is 0.187 e. The van der Waals surface area contributed by atoms with Crippen LogP contribution in [0.25, 0.3) is 132 Å². The fourth-order valence-electron chi connectivity index (χ4n) is 10.3. The third-order valence-corrected chi connectivity index (χ3v) is 13.9. The predicted molar refractivity (Wildman–Crippen MR) is 298 cm³/mol. The van der Waals surface area contributed by atoms with Gasteiger partial charge in [-0.3, -0.25) is 0 Å². The Labute approximate surface area is 426 Å². The van der Waals surface area contributed by atoms with Gasteiger partial charge in [-0.05, 0) is 106 Å². The molecule has 74 heavy (non-hydrogen) atoms. The fraction of sp³-hybridized carbons (Fsp3) is 0. The second kappa shape index (κ2) is 17.9. The zero-order valence-corrected chi connectivity index (χ0v) is 39.5. The van der Waals surface area contributed by atoms with Crippen LogP contribution in [0.15, 0.2) is 231 Å². The molecule has 0 atom stereocenters. The Morgan fingerprint density at radius 2 is 0.730 bits per heavy atom. The van der Waals surface area contributed by atoms with Gasteiger partial charge in [0.1, 0.15) is 0 Å². The van der Waals surface area contributed by atoms with E-state index in [-0.39, 0.29) is 0 Å². The second-order valence-electron chi connectivity index (χ2n) is 18.1. The molecular formula is C66H38N8. The Balaban J connectivity index is 1.11. The van der Waals surface area contributed by atoms with Crippen molar-refractivity contribution in [2.24, 2.45) is 0 Å². The average Bonchev–Trinajstić information content (AvgIpc) is 4.03. The predicted octanol–water partition coefficient (Wildman–Crippen LogP) is 17.0. The van der Waals surface area contributed by atoms with E-state index in [1.165, 1.54) is 0 Å². The molecule has 0 saturated heterocycles. The Kier molecular flexibility index (Phi) is 10.5. The molecule has 0 radical (unpaired) electrons. The molecule has 0 spiro atoms. The van der Waals surface area contributed by atoms with Gasteiger partial charge in [-0.15, -0.1) is 0 Å². The lowest BCUT2D eigenvalue weighted by Gasteiger charge is -2.18. The van der Waals surface area contributed by atoms with E-state index in [9.17, 15) is 5.26 Å². The molecule has 10 aromatic carbocycles. The van der Waals surface area contributed by atoms with Gasteiger partial charge >= 0.3 is 0 Å². The summed E-state index contributed by atoms with van der Waals surface area (Å²) in [6, 6.07) is 80.1. The monoisotopic (exact) mass is 942 g/mol. The summed E-state index contributed by atoms with van der Waals surface area (Å²) < 4.78 is 4.61. The highest BCUT2D eigenvalue weighted by molar-refractivity contribution is 6.11. The quantitative estimate of drug-likeness (QED) is 0.142. The van der Waals surface area contributed by atoms with Crippen molar-refractivity contribution in [3.63, 3.8) is 0 Å².